The first-order valence-electron chi connectivity index (χ1n) is 5.08. The van der Waals surface area contributed by atoms with Crippen molar-refractivity contribution in [2.45, 2.75) is 25.5 Å². The fraction of sp³-hybridized carbons (Fsp3) is 0.556. The van der Waals surface area contributed by atoms with Crippen LogP contribution in [0.25, 0.3) is 0 Å². The number of hydrogen-bond donors (Lipinski definition) is 1. The second-order valence-electron chi connectivity index (χ2n) is 3.74. The summed E-state index contributed by atoms with van der Waals surface area (Å²) in [6, 6.07) is 0.245. The third-order valence-electron chi connectivity index (χ3n) is 2.26. The Morgan fingerprint density at radius 1 is 1.59 bits per heavy atom. The number of nitrogens with zero attached hydrogens (tertiary/aromatic N) is 3. The lowest BCUT2D eigenvalue weighted by atomic mass is 10.4. The Labute approximate surface area is 102 Å². The highest BCUT2D eigenvalue weighted by atomic mass is 35.5. The van der Waals surface area contributed by atoms with Crippen molar-refractivity contribution in [3.63, 3.8) is 0 Å². The van der Waals surface area contributed by atoms with Crippen molar-refractivity contribution in [2.75, 3.05) is 12.4 Å². The lowest BCUT2D eigenvalue weighted by Gasteiger charge is -2.07. The molecule has 0 bridgehead atoms. The number of anilines is 1. The normalized spacial score (nSPS) is 14.7. The van der Waals surface area contributed by atoms with Crippen LogP contribution < -0.4 is 5.32 Å². The van der Waals surface area contributed by atoms with Gasteiger partial charge < -0.3 is 10.1 Å². The topological polar surface area (TPSA) is 90.2 Å². The van der Waals surface area contributed by atoms with E-state index in [1.165, 1.54) is 7.11 Å². The Balaban J connectivity index is 2.37. The van der Waals surface area contributed by atoms with E-state index >= 15 is 0 Å². The monoisotopic (exact) mass is 258 g/mol. The minimum atomic E-state index is -0.580. The molecule has 1 aromatic heterocycles. The molecule has 0 atom stereocenters. The number of halogens is 1. The van der Waals surface area contributed by atoms with E-state index in [9.17, 15) is 10.1 Å². The van der Waals surface area contributed by atoms with E-state index in [1.807, 2.05) is 0 Å². The molecule has 0 aliphatic heterocycles. The van der Waals surface area contributed by atoms with Gasteiger partial charge in [-0.05, 0) is 12.8 Å². The Kier molecular flexibility index (Phi) is 3.39. The Morgan fingerprint density at radius 2 is 2.29 bits per heavy atom. The summed E-state index contributed by atoms with van der Waals surface area (Å²) in [7, 11) is 1.49. The van der Waals surface area contributed by atoms with Crippen LogP contribution in [-0.2, 0) is 11.3 Å². The average Bonchev–Trinajstić information content (AvgIpc) is 3.00. The lowest BCUT2D eigenvalue weighted by molar-refractivity contribution is -0.384. The summed E-state index contributed by atoms with van der Waals surface area (Å²) in [6.07, 6.45) is 1.97. The second kappa shape index (κ2) is 4.80. The molecule has 0 radical (unpaired) electrons. The summed E-state index contributed by atoms with van der Waals surface area (Å²) < 4.78 is 4.88. The number of methoxy groups -OCH3 is 1. The average molecular weight is 259 g/mol. The molecule has 0 aromatic carbocycles. The first kappa shape index (κ1) is 12.0. The molecule has 7 nitrogen and oxygen atoms in total. The zero-order chi connectivity index (χ0) is 12.4. The minimum absolute atomic E-state index is 0.164. The largest absolute Gasteiger partial charge is 0.377 e. The van der Waals surface area contributed by atoms with Crippen LogP contribution in [0.1, 0.15) is 18.7 Å². The fourth-order valence-electron chi connectivity index (χ4n) is 1.35. The zero-order valence-corrected chi connectivity index (χ0v) is 9.90. The Bertz CT molecular complexity index is 450. The third-order valence-corrected chi connectivity index (χ3v) is 2.53. The molecule has 1 N–H and O–H groups in total. The van der Waals surface area contributed by atoms with Crippen molar-refractivity contribution in [1.82, 2.24) is 9.97 Å². The van der Waals surface area contributed by atoms with Crippen LogP contribution in [0, 0.1) is 10.1 Å². The van der Waals surface area contributed by atoms with Gasteiger partial charge in [-0.3, -0.25) is 10.1 Å². The molecule has 0 spiro atoms. The predicted molar refractivity (Wildman–Crippen MR) is 61.1 cm³/mol. The SMILES string of the molecule is COCc1nc(Cl)c([N+](=O)[O-])c(NC2CC2)n1. The molecule has 8 heteroatoms. The molecular weight excluding hydrogens is 248 g/mol. The van der Waals surface area contributed by atoms with Gasteiger partial charge in [0.25, 0.3) is 0 Å². The third kappa shape index (κ3) is 2.80. The summed E-state index contributed by atoms with van der Waals surface area (Å²) in [5.74, 6) is 0.496. The number of nitrogens with one attached hydrogen (secondary N) is 1. The maximum absolute atomic E-state index is 10.9. The molecular formula is C9H11ClN4O3. The van der Waals surface area contributed by atoms with E-state index in [2.05, 4.69) is 15.3 Å². The van der Waals surface area contributed by atoms with Gasteiger partial charge in [-0.2, -0.15) is 0 Å². The van der Waals surface area contributed by atoms with Crippen molar-refractivity contribution in [1.29, 1.82) is 0 Å². The van der Waals surface area contributed by atoms with Crippen LogP contribution in [0.5, 0.6) is 0 Å². The molecule has 1 aliphatic carbocycles. The molecule has 0 amide bonds. The van der Waals surface area contributed by atoms with Gasteiger partial charge in [0, 0.05) is 13.2 Å². The van der Waals surface area contributed by atoms with Crippen LogP contribution in [-0.4, -0.2) is 28.0 Å². The Morgan fingerprint density at radius 3 is 2.82 bits per heavy atom. The summed E-state index contributed by atoms with van der Waals surface area (Å²) in [5, 5.41) is 13.7. The standard InChI is InChI=1S/C9H11ClN4O3/c1-17-4-6-12-8(10)7(14(15)16)9(13-6)11-5-2-3-5/h5H,2-4H2,1H3,(H,11,12,13). The quantitative estimate of drug-likeness (QED) is 0.492. The fourth-order valence-corrected chi connectivity index (χ4v) is 1.60. The van der Waals surface area contributed by atoms with Gasteiger partial charge in [0.15, 0.2) is 5.82 Å². The number of hydrogen-bond acceptors (Lipinski definition) is 6. The van der Waals surface area contributed by atoms with Crippen LogP contribution in [0.4, 0.5) is 11.5 Å². The molecule has 92 valence electrons. The maximum atomic E-state index is 10.9. The van der Waals surface area contributed by atoms with Crippen LogP contribution in [0.2, 0.25) is 5.15 Å². The highest BCUT2D eigenvalue weighted by Gasteiger charge is 2.29. The molecule has 2 rings (SSSR count). The number of nitro groups is 1. The maximum Gasteiger partial charge on any atom is 0.348 e. The smallest absolute Gasteiger partial charge is 0.348 e. The van der Waals surface area contributed by atoms with Crippen molar-refractivity contribution >= 4 is 23.1 Å². The zero-order valence-electron chi connectivity index (χ0n) is 9.14. The van der Waals surface area contributed by atoms with E-state index in [4.69, 9.17) is 16.3 Å². The van der Waals surface area contributed by atoms with Crippen molar-refractivity contribution in [2.24, 2.45) is 0 Å². The molecule has 0 unspecified atom stereocenters. The van der Waals surface area contributed by atoms with Gasteiger partial charge in [0.2, 0.25) is 11.0 Å². The van der Waals surface area contributed by atoms with Crippen molar-refractivity contribution in [3.8, 4) is 0 Å². The van der Waals surface area contributed by atoms with Crippen molar-refractivity contribution < 1.29 is 9.66 Å². The van der Waals surface area contributed by atoms with Crippen LogP contribution in [0.15, 0.2) is 0 Å². The van der Waals surface area contributed by atoms with Gasteiger partial charge in [-0.15, -0.1) is 0 Å². The van der Waals surface area contributed by atoms with E-state index in [0.717, 1.165) is 12.8 Å². The number of aromatic nitrogens is 2. The number of rotatable bonds is 5. The molecule has 1 aromatic rings. The van der Waals surface area contributed by atoms with Crippen molar-refractivity contribution in [3.05, 3.63) is 21.1 Å². The van der Waals surface area contributed by atoms with Gasteiger partial charge in [-0.25, -0.2) is 9.97 Å². The summed E-state index contributed by atoms with van der Waals surface area (Å²) in [6.45, 7) is 0.164. The van der Waals surface area contributed by atoms with Crippen LogP contribution in [0.3, 0.4) is 0 Å². The Hall–Kier alpha value is -1.47. The molecule has 17 heavy (non-hydrogen) atoms. The molecule has 1 saturated carbocycles. The highest BCUT2D eigenvalue weighted by Crippen LogP contribution is 2.33. The van der Waals surface area contributed by atoms with Gasteiger partial charge in [0.05, 0.1) is 4.92 Å². The first-order valence-corrected chi connectivity index (χ1v) is 5.46. The summed E-state index contributed by atoms with van der Waals surface area (Å²) in [4.78, 5) is 18.2. The van der Waals surface area contributed by atoms with E-state index in [1.54, 1.807) is 0 Å². The molecule has 1 heterocycles. The van der Waals surface area contributed by atoms with Gasteiger partial charge in [0.1, 0.15) is 6.61 Å². The molecule has 1 aliphatic rings. The predicted octanol–water partition coefficient (Wildman–Crippen LogP) is 1.76. The highest BCUT2D eigenvalue weighted by molar-refractivity contribution is 6.31. The number of ether oxygens (including phenoxy) is 1. The summed E-state index contributed by atoms with van der Waals surface area (Å²) in [5.41, 5.74) is -0.279. The van der Waals surface area contributed by atoms with E-state index < -0.39 is 4.92 Å². The summed E-state index contributed by atoms with van der Waals surface area (Å²) >= 11 is 5.78. The lowest BCUT2D eigenvalue weighted by Crippen LogP contribution is -2.10. The van der Waals surface area contributed by atoms with E-state index in [0.29, 0.717) is 5.82 Å². The van der Waals surface area contributed by atoms with E-state index in [-0.39, 0.29) is 29.3 Å². The van der Waals surface area contributed by atoms with Crippen LogP contribution >= 0.6 is 11.6 Å². The molecule has 1 fully saturated rings. The second-order valence-corrected chi connectivity index (χ2v) is 4.09. The minimum Gasteiger partial charge on any atom is -0.377 e. The van der Waals surface area contributed by atoms with Gasteiger partial charge >= 0.3 is 5.69 Å². The molecule has 0 saturated heterocycles. The first-order chi connectivity index (χ1) is 8.11. The van der Waals surface area contributed by atoms with Gasteiger partial charge in [-0.1, -0.05) is 11.6 Å².